The third kappa shape index (κ3) is 2.56. The van der Waals surface area contributed by atoms with Gasteiger partial charge in [-0.25, -0.2) is 9.37 Å². The molecule has 0 N–H and O–H groups in total. The molecule has 20 heavy (non-hydrogen) atoms. The first-order chi connectivity index (χ1) is 9.69. The van der Waals surface area contributed by atoms with Crippen LogP contribution in [0.3, 0.4) is 0 Å². The Balaban J connectivity index is 2.04. The summed E-state index contributed by atoms with van der Waals surface area (Å²) in [4.78, 5) is 4.51. The fourth-order valence-electron chi connectivity index (χ4n) is 3.35. The van der Waals surface area contributed by atoms with Crippen molar-refractivity contribution in [2.45, 2.75) is 50.9 Å². The van der Waals surface area contributed by atoms with E-state index in [0.717, 1.165) is 35.6 Å². The highest BCUT2D eigenvalue weighted by molar-refractivity contribution is 6.16. The van der Waals surface area contributed by atoms with Crippen molar-refractivity contribution >= 4 is 22.6 Å². The molecule has 4 heteroatoms. The molecule has 1 heterocycles. The van der Waals surface area contributed by atoms with E-state index >= 15 is 0 Å². The quantitative estimate of drug-likeness (QED) is 0.559. The molecule has 0 spiro atoms. The second kappa shape index (κ2) is 5.72. The Hall–Kier alpha value is -1.09. The second-order valence-electron chi connectivity index (χ2n) is 5.93. The van der Waals surface area contributed by atoms with Crippen molar-refractivity contribution in [3.63, 3.8) is 0 Å². The van der Waals surface area contributed by atoms with Gasteiger partial charge in [0.05, 0.1) is 16.9 Å². The topological polar surface area (TPSA) is 17.8 Å². The predicted molar refractivity (Wildman–Crippen MR) is 80.5 cm³/mol. The van der Waals surface area contributed by atoms with Gasteiger partial charge in [0.1, 0.15) is 11.6 Å². The van der Waals surface area contributed by atoms with Crippen LogP contribution in [-0.2, 0) is 5.88 Å². The molecule has 2 aromatic rings. The average molecular weight is 295 g/mol. The van der Waals surface area contributed by atoms with Crippen LogP contribution in [0, 0.1) is 11.7 Å². The van der Waals surface area contributed by atoms with Gasteiger partial charge in [0.25, 0.3) is 0 Å². The highest BCUT2D eigenvalue weighted by Crippen LogP contribution is 2.34. The zero-order valence-electron chi connectivity index (χ0n) is 11.8. The van der Waals surface area contributed by atoms with Gasteiger partial charge in [0, 0.05) is 12.1 Å². The Labute approximate surface area is 123 Å². The summed E-state index contributed by atoms with van der Waals surface area (Å²) in [6.07, 6.45) is 6.11. The van der Waals surface area contributed by atoms with Gasteiger partial charge in [-0.1, -0.05) is 19.8 Å². The molecule has 2 unspecified atom stereocenters. The lowest BCUT2D eigenvalue weighted by Gasteiger charge is -2.19. The molecule has 0 amide bonds. The monoisotopic (exact) mass is 294 g/mol. The fraction of sp³-hybridized carbons (Fsp3) is 0.562. The molecule has 0 saturated heterocycles. The maximum absolute atomic E-state index is 13.4. The number of hydrogen-bond acceptors (Lipinski definition) is 1. The van der Waals surface area contributed by atoms with Crippen LogP contribution >= 0.6 is 11.6 Å². The van der Waals surface area contributed by atoms with Crippen LogP contribution in [0.1, 0.15) is 50.9 Å². The summed E-state index contributed by atoms with van der Waals surface area (Å²) in [6, 6.07) is 5.30. The molecule has 1 aliphatic rings. The summed E-state index contributed by atoms with van der Waals surface area (Å²) in [5.41, 5.74) is 1.74. The Bertz CT molecular complexity index is 608. The van der Waals surface area contributed by atoms with Gasteiger partial charge in [-0.05, 0) is 37.3 Å². The molecule has 0 radical (unpaired) electrons. The van der Waals surface area contributed by atoms with Gasteiger partial charge < -0.3 is 4.57 Å². The van der Waals surface area contributed by atoms with Crippen LogP contribution in [0.4, 0.5) is 4.39 Å². The van der Waals surface area contributed by atoms with Gasteiger partial charge in [0.15, 0.2) is 0 Å². The first kappa shape index (κ1) is 13.9. The van der Waals surface area contributed by atoms with Crippen molar-refractivity contribution in [2.24, 2.45) is 5.92 Å². The van der Waals surface area contributed by atoms with E-state index in [2.05, 4.69) is 16.5 Å². The van der Waals surface area contributed by atoms with Crippen molar-refractivity contribution in [2.75, 3.05) is 0 Å². The summed E-state index contributed by atoms with van der Waals surface area (Å²) < 4.78 is 15.6. The zero-order chi connectivity index (χ0) is 14.1. The van der Waals surface area contributed by atoms with Crippen LogP contribution < -0.4 is 0 Å². The third-order valence-electron chi connectivity index (χ3n) is 4.44. The lowest BCUT2D eigenvalue weighted by Crippen LogP contribution is -2.11. The average Bonchev–Trinajstić information content (AvgIpc) is 2.66. The minimum atomic E-state index is -0.238. The number of benzene rings is 1. The molecule has 0 bridgehead atoms. The Morgan fingerprint density at radius 1 is 1.30 bits per heavy atom. The molecule has 0 aliphatic heterocycles. The van der Waals surface area contributed by atoms with E-state index < -0.39 is 0 Å². The minimum absolute atomic E-state index is 0.238. The number of aromatic nitrogens is 2. The molecule has 1 aliphatic carbocycles. The van der Waals surface area contributed by atoms with Gasteiger partial charge in [0.2, 0.25) is 0 Å². The Morgan fingerprint density at radius 2 is 2.15 bits per heavy atom. The maximum atomic E-state index is 13.4. The standard InChI is InChI=1S/C16H20ClFN2/c1-11-3-2-4-13(7-5-11)20-15-8-6-12(18)9-14(15)19-16(20)10-17/h6,8-9,11,13H,2-5,7,10H2,1H3. The van der Waals surface area contributed by atoms with Crippen molar-refractivity contribution in [3.8, 4) is 0 Å². The van der Waals surface area contributed by atoms with E-state index in [0.29, 0.717) is 11.9 Å². The van der Waals surface area contributed by atoms with Gasteiger partial charge in [-0.2, -0.15) is 0 Å². The van der Waals surface area contributed by atoms with Gasteiger partial charge >= 0.3 is 0 Å². The van der Waals surface area contributed by atoms with E-state index in [1.54, 1.807) is 0 Å². The predicted octanol–water partition coefficient (Wildman–Crippen LogP) is 5.06. The second-order valence-corrected chi connectivity index (χ2v) is 6.20. The first-order valence-electron chi connectivity index (χ1n) is 7.41. The highest BCUT2D eigenvalue weighted by atomic mass is 35.5. The number of nitrogens with zero attached hydrogens (tertiary/aromatic N) is 2. The zero-order valence-corrected chi connectivity index (χ0v) is 12.5. The molecular weight excluding hydrogens is 275 g/mol. The minimum Gasteiger partial charge on any atom is -0.324 e. The Morgan fingerprint density at radius 3 is 2.95 bits per heavy atom. The largest absolute Gasteiger partial charge is 0.324 e. The number of alkyl halides is 1. The van der Waals surface area contributed by atoms with Gasteiger partial charge in [-0.15, -0.1) is 11.6 Å². The summed E-state index contributed by atoms with van der Waals surface area (Å²) in [5.74, 6) is 1.80. The van der Waals surface area contributed by atoms with Crippen molar-refractivity contribution in [1.82, 2.24) is 9.55 Å². The summed E-state index contributed by atoms with van der Waals surface area (Å²) in [7, 11) is 0. The number of rotatable bonds is 2. The SMILES string of the molecule is CC1CCCC(n2c(CCl)nc3cc(F)ccc32)CC1. The first-order valence-corrected chi connectivity index (χ1v) is 7.95. The molecule has 1 fully saturated rings. The number of imidazole rings is 1. The fourth-order valence-corrected chi connectivity index (χ4v) is 3.54. The summed E-state index contributed by atoms with van der Waals surface area (Å²) in [6.45, 7) is 2.33. The molecule has 1 aromatic carbocycles. The summed E-state index contributed by atoms with van der Waals surface area (Å²) in [5, 5.41) is 0. The van der Waals surface area contributed by atoms with E-state index in [1.807, 2.05) is 6.07 Å². The van der Waals surface area contributed by atoms with Crippen LogP contribution in [0.2, 0.25) is 0 Å². The molecule has 2 atom stereocenters. The van der Waals surface area contributed by atoms with E-state index in [4.69, 9.17) is 11.6 Å². The molecule has 1 aromatic heterocycles. The van der Waals surface area contributed by atoms with Crippen LogP contribution in [0.15, 0.2) is 18.2 Å². The van der Waals surface area contributed by atoms with Crippen molar-refractivity contribution in [1.29, 1.82) is 0 Å². The number of halogens is 2. The molecule has 3 rings (SSSR count). The molecule has 1 saturated carbocycles. The highest BCUT2D eigenvalue weighted by Gasteiger charge is 2.22. The smallest absolute Gasteiger partial charge is 0.125 e. The van der Waals surface area contributed by atoms with Gasteiger partial charge in [-0.3, -0.25) is 0 Å². The Kier molecular flexibility index (Phi) is 3.97. The summed E-state index contributed by atoms with van der Waals surface area (Å²) >= 11 is 6.05. The number of fused-ring (bicyclic) bond motifs is 1. The third-order valence-corrected chi connectivity index (χ3v) is 4.68. The van der Waals surface area contributed by atoms with Crippen LogP contribution in [-0.4, -0.2) is 9.55 Å². The van der Waals surface area contributed by atoms with Crippen LogP contribution in [0.5, 0.6) is 0 Å². The molecule has 108 valence electrons. The van der Waals surface area contributed by atoms with E-state index in [1.165, 1.54) is 31.4 Å². The van der Waals surface area contributed by atoms with Crippen molar-refractivity contribution < 1.29 is 4.39 Å². The molecule has 2 nitrogen and oxygen atoms in total. The van der Waals surface area contributed by atoms with E-state index in [-0.39, 0.29) is 5.82 Å². The lowest BCUT2D eigenvalue weighted by molar-refractivity contribution is 0.433. The normalized spacial score (nSPS) is 23.9. The molecular formula is C16H20ClFN2. The van der Waals surface area contributed by atoms with Crippen molar-refractivity contribution in [3.05, 3.63) is 29.8 Å². The van der Waals surface area contributed by atoms with E-state index in [9.17, 15) is 4.39 Å². The number of hydrogen-bond donors (Lipinski definition) is 0. The maximum Gasteiger partial charge on any atom is 0.125 e. The van der Waals surface area contributed by atoms with Crippen LogP contribution in [0.25, 0.3) is 11.0 Å². The lowest BCUT2D eigenvalue weighted by atomic mass is 10.0.